The van der Waals surface area contributed by atoms with Crippen molar-refractivity contribution in [3.63, 3.8) is 0 Å². The number of aliphatic hydroxyl groups excluding tert-OH is 2. The van der Waals surface area contributed by atoms with Crippen LogP contribution in [0.4, 0.5) is 0 Å². The summed E-state index contributed by atoms with van der Waals surface area (Å²) in [5, 5.41) is 23.9. The topological polar surface area (TPSA) is 95.9 Å². The number of aliphatic hydroxyl groups is 2. The van der Waals surface area contributed by atoms with E-state index in [0.717, 1.165) is 70.6 Å². The Hall–Kier alpha value is -2.18. The molecule has 3 atom stereocenters. The van der Waals surface area contributed by atoms with E-state index in [1.165, 1.54) is 199 Å². The molecule has 6 nitrogen and oxygen atoms in total. The van der Waals surface area contributed by atoms with E-state index in [0.29, 0.717) is 19.3 Å². The van der Waals surface area contributed by atoms with E-state index in [-0.39, 0.29) is 24.9 Å². The number of hydrogen-bond donors (Lipinski definition) is 3. The molecule has 0 fully saturated rings. The first kappa shape index (κ1) is 66.8. The highest BCUT2D eigenvalue weighted by molar-refractivity contribution is 5.77. The first-order valence-corrected chi connectivity index (χ1v) is 30.4. The number of unbranched alkanes of at least 4 members (excludes halogenated alkanes) is 35. The third-order valence-electron chi connectivity index (χ3n) is 13.9. The smallest absolute Gasteiger partial charge is 0.306 e. The molecule has 6 heteroatoms. The monoisotopic (exact) mass is 968 g/mol. The van der Waals surface area contributed by atoms with Gasteiger partial charge in [-0.25, -0.2) is 0 Å². The van der Waals surface area contributed by atoms with Crippen LogP contribution in [0.1, 0.15) is 316 Å². The molecule has 0 bridgehead atoms. The van der Waals surface area contributed by atoms with Crippen LogP contribution >= 0.6 is 0 Å². The summed E-state index contributed by atoms with van der Waals surface area (Å²) in [5.41, 5.74) is 0. The minimum Gasteiger partial charge on any atom is -0.462 e. The van der Waals surface area contributed by atoms with Gasteiger partial charge in [-0.2, -0.15) is 0 Å². The molecule has 0 saturated heterocycles. The van der Waals surface area contributed by atoms with Crippen molar-refractivity contribution in [1.82, 2.24) is 5.32 Å². The quantitative estimate of drug-likeness (QED) is 0.0321. The van der Waals surface area contributed by atoms with Crippen LogP contribution < -0.4 is 5.32 Å². The van der Waals surface area contributed by atoms with E-state index >= 15 is 0 Å². The van der Waals surface area contributed by atoms with Gasteiger partial charge in [0.25, 0.3) is 0 Å². The van der Waals surface area contributed by atoms with Gasteiger partial charge in [-0.3, -0.25) is 9.59 Å². The molecule has 0 spiro atoms. The fourth-order valence-corrected chi connectivity index (χ4v) is 9.30. The van der Waals surface area contributed by atoms with E-state index in [1.54, 1.807) is 0 Å². The Balaban J connectivity index is 4.60. The SMILES string of the molecule is CCCCC/C=C\C/C=C\C/C=C\C/C=C\CCCC(CC(=O)NC(CO)C(O)CCCCCCCCCCCCCCCC)OC(=O)CCCCCCCCCCCCCCCCCCCCC. The zero-order valence-electron chi connectivity index (χ0n) is 46.2. The summed E-state index contributed by atoms with van der Waals surface area (Å²) in [7, 11) is 0. The van der Waals surface area contributed by atoms with Crippen molar-refractivity contribution in [3.05, 3.63) is 48.6 Å². The predicted octanol–water partition coefficient (Wildman–Crippen LogP) is 19.0. The van der Waals surface area contributed by atoms with Gasteiger partial charge in [-0.05, 0) is 64.2 Å². The molecule has 0 aromatic carbocycles. The van der Waals surface area contributed by atoms with Crippen molar-refractivity contribution < 1.29 is 24.5 Å². The highest BCUT2D eigenvalue weighted by Crippen LogP contribution is 2.18. The second kappa shape index (κ2) is 56.7. The van der Waals surface area contributed by atoms with E-state index in [4.69, 9.17) is 4.74 Å². The van der Waals surface area contributed by atoms with Crippen LogP contribution in [0.25, 0.3) is 0 Å². The van der Waals surface area contributed by atoms with Crippen molar-refractivity contribution in [3.8, 4) is 0 Å². The van der Waals surface area contributed by atoms with Crippen molar-refractivity contribution in [2.75, 3.05) is 6.61 Å². The van der Waals surface area contributed by atoms with Gasteiger partial charge in [-0.15, -0.1) is 0 Å². The van der Waals surface area contributed by atoms with Crippen molar-refractivity contribution in [2.24, 2.45) is 0 Å². The average Bonchev–Trinajstić information content (AvgIpc) is 3.34. The summed E-state index contributed by atoms with van der Waals surface area (Å²) in [6, 6.07) is -0.719. The van der Waals surface area contributed by atoms with Crippen LogP contribution in [0.3, 0.4) is 0 Å². The molecule has 0 radical (unpaired) electrons. The van der Waals surface area contributed by atoms with E-state index in [1.807, 2.05) is 0 Å². The summed E-state index contributed by atoms with van der Waals surface area (Å²) in [5.74, 6) is -0.512. The molecular weight excluding hydrogens is 851 g/mol. The zero-order valence-corrected chi connectivity index (χ0v) is 46.2. The lowest BCUT2D eigenvalue weighted by atomic mass is 10.0. The number of carbonyl (C=O) groups excluding carboxylic acids is 2. The molecule has 0 aromatic heterocycles. The van der Waals surface area contributed by atoms with Crippen LogP contribution in [0.15, 0.2) is 48.6 Å². The summed E-state index contributed by atoms with van der Waals surface area (Å²) >= 11 is 0. The second-order valence-electron chi connectivity index (χ2n) is 20.8. The van der Waals surface area contributed by atoms with Gasteiger partial charge < -0.3 is 20.3 Å². The summed E-state index contributed by atoms with van der Waals surface area (Å²) in [6.07, 6.45) is 70.4. The Morgan fingerprint density at radius 3 is 1.14 bits per heavy atom. The third-order valence-corrected chi connectivity index (χ3v) is 13.9. The standard InChI is InChI=1S/C63H117NO5/c1-4-7-10-13-16-19-22-25-28-30-31-33-35-38-41-44-47-50-53-56-63(68)69-59(54-51-48-45-42-39-36-34-32-29-26-23-20-17-14-11-8-5-2)57-62(67)64-60(58-65)61(66)55-52-49-46-43-40-37-27-24-21-18-15-12-9-6-3/h17,20,26,29,34,36,42,45,59-61,65-66H,4-16,18-19,21-25,27-28,30-33,35,37-41,43-44,46-58H2,1-3H3,(H,64,67)/b20-17-,29-26-,36-34-,45-42-. The van der Waals surface area contributed by atoms with Gasteiger partial charge in [0, 0.05) is 6.42 Å². The first-order valence-electron chi connectivity index (χ1n) is 30.4. The summed E-state index contributed by atoms with van der Waals surface area (Å²) in [6.45, 7) is 6.48. The highest BCUT2D eigenvalue weighted by Gasteiger charge is 2.24. The molecule has 0 aromatic rings. The maximum absolute atomic E-state index is 13.3. The van der Waals surface area contributed by atoms with Gasteiger partial charge in [0.15, 0.2) is 0 Å². The van der Waals surface area contributed by atoms with Gasteiger partial charge in [-0.1, -0.05) is 288 Å². The van der Waals surface area contributed by atoms with E-state index < -0.39 is 18.2 Å². The minimum absolute atomic E-state index is 0.0433. The largest absolute Gasteiger partial charge is 0.462 e. The number of hydrogen-bond acceptors (Lipinski definition) is 5. The number of carbonyl (C=O) groups is 2. The number of rotatable bonds is 55. The number of esters is 1. The normalized spacial score (nSPS) is 13.4. The van der Waals surface area contributed by atoms with Gasteiger partial charge in [0.2, 0.25) is 5.91 Å². The maximum Gasteiger partial charge on any atom is 0.306 e. The molecule has 0 aliphatic rings. The fraction of sp³-hybridized carbons (Fsp3) is 0.841. The van der Waals surface area contributed by atoms with E-state index in [2.05, 4.69) is 74.7 Å². The van der Waals surface area contributed by atoms with Crippen molar-refractivity contribution in [1.29, 1.82) is 0 Å². The fourth-order valence-electron chi connectivity index (χ4n) is 9.30. The molecule has 0 saturated carbocycles. The first-order chi connectivity index (χ1) is 34.0. The van der Waals surface area contributed by atoms with Gasteiger partial charge in [0.05, 0.1) is 25.2 Å². The minimum atomic E-state index is -0.802. The van der Waals surface area contributed by atoms with Gasteiger partial charge >= 0.3 is 5.97 Å². The number of nitrogens with one attached hydrogen (secondary N) is 1. The highest BCUT2D eigenvalue weighted by atomic mass is 16.5. The zero-order chi connectivity index (χ0) is 50.2. The second-order valence-corrected chi connectivity index (χ2v) is 20.8. The van der Waals surface area contributed by atoms with Crippen LogP contribution in [0.2, 0.25) is 0 Å². The van der Waals surface area contributed by atoms with Gasteiger partial charge in [0.1, 0.15) is 6.10 Å². The van der Waals surface area contributed by atoms with Crippen LogP contribution in [0, 0.1) is 0 Å². The predicted molar refractivity (Wildman–Crippen MR) is 301 cm³/mol. The molecule has 0 heterocycles. The van der Waals surface area contributed by atoms with Crippen LogP contribution in [0.5, 0.6) is 0 Å². The molecular formula is C63H117NO5. The average molecular weight is 969 g/mol. The lowest BCUT2D eigenvalue weighted by Crippen LogP contribution is -2.46. The lowest BCUT2D eigenvalue weighted by molar-refractivity contribution is -0.151. The Kier molecular flexibility index (Phi) is 54.9. The Morgan fingerprint density at radius 2 is 0.754 bits per heavy atom. The van der Waals surface area contributed by atoms with Crippen molar-refractivity contribution >= 4 is 11.9 Å². The Labute approximate surface area is 429 Å². The number of amides is 1. The molecule has 404 valence electrons. The van der Waals surface area contributed by atoms with Crippen molar-refractivity contribution in [2.45, 2.75) is 334 Å². The molecule has 0 aliphatic carbocycles. The van der Waals surface area contributed by atoms with Crippen LogP contribution in [-0.2, 0) is 14.3 Å². The molecule has 0 rings (SSSR count). The van der Waals surface area contributed by atoms with E-state index in [9.17, 15) is 19.8 Å². The Morgan fingerprint density at radius 1 is 0.420 bits per heavy atom. The molecule has 1 amide bonds. The summed E-state index contributed by atoms with van der Waals surface area (Å²) < 4.78 is 5.95. The lowest BCUT2D eigenvalue weighted by Gasteiger charge is -2.24. The number of allylic oxidation sites excluding steroid dienone is 8. The maximum atomic E-state index is 13.3. The number of ether oxygens (including phenoxy) is 1. The molecule has 0 aliphatic heterocycles. The molecule has 3 unspecified atom stereocenters. The van der Waals surface area contributed by atoms with Crippen LogP contribution in [-0.4, -0.2) is 46.9 Å². The molecule has 69 heavy (non-hydrogen) atoms. The Bertz CT molecular complexity index is 1180. The summed E-state index contributed by atoms with van der Waals surface area (Å²) in [4.78, 5) is 26.3. The molecule has 3 N–H and O–H groups in total. The third kappa shape index (κ3) is 52.0.